The van der Waals surface area contributed by atoms with Crippen LogP contribution in [-0.4, -0.2) is 6.04 Å². The molecule has 3 heteroatoms. The number of aryl methyl sites for hydroxylation is 1. The number of rotatable bonds is 8. The number of hydrogen-bond donors (Lipinski definition) is 1. The number of nitrogens with one attached hydrogen (secondary N) is 1. The third-order valence-electron chi connectivity index (χ3n) is 3.53. The molecular formula is C17H27F2N. The molecule has 0 heterocycles. The van der Waals surface area contributed by atoms with Crippen LogP contribution in [0.15, 0.2) is 12.1 Å². The van der Waals surface area contributed by atoms with E-state index < -0.39 is 11.6 Å². The van der Waals surface area contributed by atoms with Crippen molar-refractivity contribution in [3.8, 4) is 0 Å². The molecule has 0 fully saturated rings. The summed E-state index contributed by atoms with van der Waals surface area (Å²) in [6.07, 6.45) is 5.51. The van der Waals surface area contributed by atoms with Crippen molar-refractivity contribution in [2.45, 2.75) is 71.9 Å². The highest BCUT2D eigenvalue weighted by Gasteiger charge is 2.18. The fourth-order valence-electron chi connectivity index (χ4n) is 2.45. The Morgan fingerprint density at radius 2 is 1.75 bits per heavy atom. The lowest BCUT2D eigenvalue weighted by molar-refractivity contribution is 0.417. The predicted molar refractivity (Wildman–Crippen MR) is 80.9 cm³/mol. The lowest BCUT2D eigenvalue weighted by Gasteiger charge is -2.23. The average molecular weight is 283 g/mol. The van der Waals surface area contributed by atoms with Crippen LogP contribution in [0.1, 0.15) is 70.0 Å². The van der Waals surface area contributed by atoms with E-state index in [1.165, 1.54) is 12.8 Å². The highest BCUT2D eigenvalue weighted by molar-refractivity contribution is 5.28. The minimum absolute atomic E-state index is 0.0360. The first-order valence-corrected chi connectivity index (χ1v) is 7.67. The molecule has 1 rings (SSSR count). The quantitative estimate of drug-likeness (QED) is 0.640. The van der Waals surface area contributed by atoms with Gasteiger partial charge in [-0.05, 0) is 25.0 Å². The fourth-order valence-corrected chi connectivity index (χ4v) is 2.45. The molecule has 0 bridgehead atoms. The van der Waals surface area contributed by atoms with Crippen molar-refractivity contribution in [1.82, 2.24) is 5.32 Å². The first-order valence-electron chi connectivity index (χ1n) is 7.67. The molecule has 0 aromatic heterocycles. The maximum Gasteiger partial charge on any atom is 0.130 e. The molecule has 1 nitrogen and oxygen atoms in total. The Kier molecular flexibility index (Phi) is 7.14. The van der Waals surface area contributed by atoms with Crippen LogP contribution >= 0.6 is 0 Å². The van der Waals surface area contributed by atoms with E-state index in [1.54, 1.807) is 13.0 Å². The smallest absolute Gasteiger partial charge is 0.130 e. The van der Waals surface area contributed by atoms with Gasteiger partial charge in [0.05, 0.1) is 0 Å². The highest BCUT2D eigenvalue weighted by Crippen LogP contribution is 2.25. The van der Waals surface area contributed by atoms with Crippen LogP contribution in [0.3, 0.4) is 0 Å². The third-order valence-corrected chi connectivity index (χ3v) is 3.53. The lowest BCUT2D eigenvalue weighted by Crippen LogP contribution is -2.29. The van der Waals surface area contributed by atoms with Crippen LogP contribution < -0.4 is 5.32 Å². The molecule has 0 saturated heterocycles. The van der Waals surface area contributed by atoms with Gasteiger partial charge in [0, 0.05) is 23.7 Å². The second-order valence-corrected chi connectivity index (χ2v) is 5.85. The number of benzene rings is 1. The van der Waals surface area contributed by atoms with E-state index in [4.69, 9.17) is 0 Å². The molecule has 1 aromatic carbocycles. The summed E-state index contributed by atoms with van der Waals surface area (Å²) in [6, 6.07) is 2.89. The summed E-state index contributed by atoms with van der Waals surface area (Å²) in [5, 5.41) is 3.40. The van der Waals surface area contributed by atoms with Crippen LogP contribution in [0, 0.1) is 18.6 Å². The zero-order valence-corrected chi connectivity index (χ0v) is 13.1. The summed E-state index contributed by atoms with van der Waals surface area (Å²) in [7, 11) is 0. The van der Waals surface area contributed by atoms with Crippen molar-refractivity contribution in [3.63, 3.8) is 0 Å². The van der Waals surface area contributed by atoms with Gasteiger partial charge in [-0.1, -0.05) is 46.5 Å². The van der Waals surface area contributed by atoms with E-state index in [-0.39, 0.29) is 12.1 Å². The van der Waals surface area contributed by atoms with E-state index in [0.29, 0.717) is 11.1 Å². The zero-order chi connectivity index (χ0) is 15.1. The van der Waals surface area contributed by atoms with Gasteiger partial charge < -0.3 is 5.32 Å². The van der Waals surface area contributed by atoms with Crippen molar-refractivity contribution in [2.75, 3.05) is 0 Å². The molecule has 0 aliphatic rings. The standard InChI is InChI=1S/C17H27F2N/c1-5-6-7-8-9-17(20-12(2)3)14-10-13(4)15(18)11-16(14)19/h10-12,17,20H,5-9H2,1-4H3. The summed E-state index contributed by atoms with van der Waals surface area (Å²) in [4.78, 5) is 0. The Balaban J connectivity index is 2.84. The van der Waals surface area contributed by atoms with Gasteiger partial charge in [0.15, 0.2) is 0 Å². The first-order chi connectivity index (χ1) is 9.45. The van der Waals surface area contributed by atoms with Gasteiger partial charge in [-0.3, -0.25) is 0 Å². The summed E-state index contributed by atoms with van der Waals surface area (Å²) < 4.78 is 27.4. The molecular weight excluding hydrogens is 256 g/mol. The van der Waals surface area contributed by atoms with Gasteiger partial charge in [0.2, 0.25) is 0 Å². The molecule has 0 spiro atoms. The molecule has 1 unspecified atom stereocenters. The van der Waals surface area contributed by atoms with Crippen molar-refractivity contribution in [2.24, 2.45) is 0 Å². The van der Waals surface area contributed by atoms with E-state index in [2.05, 4.69) is 12.2 Å². The van der Waals surface area contributed by atoms with Crippen LogP contribution in [0.2, 0.25) is 0 Å². The van der Waals surface area contributed by atoms with Crippen LogP contribution in [0.5, 0.6) is 0 Å². The second-order valence-electron chi connectivity index (χ2n) is 5.85. The largest absolute Gasteiger partial charge is 0.308 e. The van der Waals surface area contributed by atoms with Crippen LogP contribution in [0.25, 0.3) is 0 Å². The Morgan fingerprint density at radius 3 is 2.35 bits per heavy atom. The topological polar surface area (TPSA) is 12.0 Å². The van der Waals surface area contributed by atoms with Gasteiger partial charge >= 0.3 is 0 Å². The molecule has 114 valence electrons. The third kappa shape index (κ3) is 5.20. The lowest BCUT2D eigenvalue weighted by atomic mass is 9.97. The maximum absolute atomic E-state index is 14.0. The summed E-state index contributed by atoms with van der Waals surface area (Å²) in [5.74, 6) is -0.915. The molecule has 0 saturated carbocycles. The zero-order valence-electron chi connectivity index (χ0n) is 13.1. The SMILES string of the molecule is CCCCCCC(NC(C)C)c1cc(C)c(F)cc1F. The number of hydrogen-bond acceptors (Lipinski definition) is 1. The Labute approximate surface area is 121 Å². The van der Waals surface area contributed by atoms with Gasteiger partial charge in [0.25, 0.3) is 0 Å². The Bertz CT molecular complexity index is 416. The summed E-state index contributed by atoms with van der Waals surface area (Å²) >= 11 is 0. The molecule has 20 heavy (non-hydrogen) atoms. The van der Waals surface area contributed by atoms with E-state index >= 15 is 0 Å². The fraction of sp³-hybridized carbons (Fsp3) is 0.647. The van der Waals surface area contributed by atoms with Gasteiger partial charge in [-0.2, -0.15) is 0 Å². The monoisotopic (exact) mass is 283 g/mol. The minimum Gasteiger partial charge on any atom is -0.308 e. The van der Waals surface area contributed by atoms with Gasteiger partial charge in [-0.15, -0.1) is 0 Å². The molecule has 1 N–H and O–H groups in total. The van der Waals surface area contributed by atoms with Gasteiger partial charge in [0.1, 0.15) is 11.6 Å². The van der Waals surface area contributed by atoms with Crippen LogP contribution in [-0.2, 0) is 0 Å². The van der Waals surface area contributed by atoms with Crippen molar-refractivity contribution in [1.29, 1.82) is 0 Å². The Hall–Kier alpha value is -0.960. The predicted octanol–water partition coefficient (Wildman–Crippen LogP) is 5.28. The minimum atomic E-state index is -0.472. The number of halogens is 2. The molecule has 1 aromatic rings. The van der Waals surface area contributed by atoms with Crippen molar-refractivity contribution in [3.05, 3.63) is 34.9 Å². The van der Waals surface area contributed by atoms with Gasteiger partial charge in [-0.25, -0.2) is 8.78 Å². The summed E-state index contributed by atoms with van der Waals surface area (Å²) in [6.45, 7) is 7.95. The number of unbranched alkanes of at least 4 members (excludes halogenated alkanes) is 3. The first kappa shape index (κ1) is 17.1. The molecule has 0 aliphatic heterocycles. The van der Waals surface area contributed by atoms with Crippen LogP contribution in [0.4, 0.5) is 8.78 Å². The highest BCUT2D eigenvalue weighted by atomic mass is 19.1. The van der Waals surface area contributed by atoms with Crippen molar-refractivity contribution < 1.29 is 8.78 Å². The van der Waals surface area contributed by atoms with E-state index in [1.807, 2.05) is 13.8 Å². The molecule has 0 aliphatic carbocycles. The Morgan fingerprint density at radius 1 is 1.05 bits per heavy atom. The summed E-state index contributed by atoms with van der Waals surface area (Å²) in [5.41, 5.74) is 1.10. The van der Waals surface area contributed by atoms with Crippen molar-refractivity contribution >= 4 is 0 Å². The van der Waals surface area contributed by atoms with E-state index in [0.717, 1.165) is 25.3 Å². The molecule has 0 amide bonds. The maximum atomic E-state index is 14.0. The molecule has 1 atom stereocenters. The molecule has 0 radical (unpaired) electrons. The average Bonchev–Trinajstić information content (AvgIpc) is 2.37. The normalized spacial score (nSPS) is 12.9. The van der Waals surface area contributed by atoms with E-state index in [9.17, 15) is 8.78 Å². The second kappa shape index (κ2) is 8.35.